The summed E-state index contributed by atoms with van der Waals surface area (Å²) in [6.45, 7) is 1.85. The summed E-state index contributed by atoms with van der Waals surface area (Å²) < 4.78 is 10.2. The summed E-state index contributed by atoms with van der Waals surface area (Å²) in [5, 5.41) is 0.886. The van der Waals surface area contributed by atoms with Gasteiger partial charge in [-0.2, -0.15) is 0 Å². The van der Waals surface area contributed by atoms with Crippen molar-refractivity contribution in [3.8, 4) is 5.75 Å². The molecule has 25 heavy (non-hydrogen) atoms. The molecule has 1 N–H and O–H groups in total. The van der Waals surface area contributed by atoms with Gasteiger partial charge in [0.2, 0.25) is 0 Å². The van der Waals surface area contributed by atoms with Gasteiger partial charge in [0.05, 0.1) is 24.2 Å². The number of pyridine rings is 1. The molecule has 0 radical (unpaired) electrons. The fourth-order valence-corrected chi connectivity index (χ4v) is 2.50. The van der Waals surface area contributed by atoms with Crippen molar-refractivity contribution in [1.82, 2.24) is 15.0 Å². The fourth-order valence-electron chi connectivity index (χ4n) is 2.28. The third kappa shape index (κ3) is 3.61. The molecule has 0 bridgehead atoms. The van der Waals surface area contributed by atoms with Crippen LogP contribution in [0, 0.1) is 6.92 Å². The summed E-state index contributed by atoms with van der Waals surface area (Å²) in [6.07, 6.45) is 1.42. The maximum absolute atomic E-state index is 12.0. The Kier molecular flexibility index (Phi) is 4.67. The second-order valence-electron chi connectivity index (χ2n) is 5.27. The number of nitrogens with zero attached hydrogens (tertiary/aromatic N) is 2. The van der Waals surface area contributed by atoms with Crippen molar-refractivity contribution in [2.75, 3.05) is 7.11 Å². The maximum atomic E-state index is 12.0. The van der Waals surface area contributed by atoms with Gasteiger partial charge < -0.3 is 14.5 Å². The molecule has 0 aliphatic rings. The summed E-state index contributed by atoms with van der Waals surface area (Å²) in [7, 11) is 1.29. The summed E-state index contributed by atoms with van der Waals surface area (Å²) in [5.41, 5.74) is 1.12. The number of halogens is 1. The standard InChI is InChI=1S/C17H14ClN3O4/c1-9-20-15-6-13(18)10(5-12(15)16(22)21-9)8-25-11-3-4-14(19-7-11)17(23)24-2/h3-7H,8H2,1-2H3,(H,20,21,22). The number of hydrogen-bond acceptors (Lipinski definition) is 6. The van der Waals surface area contributed by atoms with Gasteiger partial charge in [-0.1, -0.05) is 11.6 Å². The highest BCUT2D eigenvalue weighted by molar-refractivity contribution is 6.32. The Bertz CT molecular complexity index is 999. The highest BCUT2D eigenvalue weighted by Crippen LogP contribution is 2.23. The van der Waals surface area contributed by atoms with Crippen LogP contribution < -0.4 is 10.3 Å². The molecule has 2 aromatic heterocycles. The maximum Gasteiger partial charge on any atom is 0.356 e. The van der Waals surface area contributed by atoms with Gasteiger partial charge in [0.1, 0.15) is 23.9 Å². The van der Waals surface area contributed by atoms with Crippen LogP contribution in [0.4, 0.5) is 0 Å². The minimum Gasteiger partial charge on any atom is -0.487 e. The normalized spacial score (nSPS) is 10.7. The van der Waals surface area contributed by atoms with Gasteiger partial charge in [-0.15, -0.1) is 0 Å². The molecule has 0 saturated carbocycles. The van der Waals surface area contributed by atoms with Crippen LogP contribution in [-0.2, 0) is 11.3 Å². The molecule has 3 aromatic rings. The first-order valence-corrected chi connectivity index (χ1v) is 7.72. The predicted molar refractivity (Wildman–Crippen MR) is 92.0 cm³/mol. The molecule has 0 unspecified atom stereocenters. The van der Waals surface area contributed by atoms with E-state index >= 15 is 0 Å². The smallest absolute Gasteiger partial charge is 0.356 e. The Morgan fingerprint density at radius 2 is 2.12 bits per heavy atom. The van der Waals surface area contributed by atoms with Crippen LogP contribution >= 0.6 is 11.6 Å². The Morgan fingerprint density at radius 1 is 1.32 bits per heavy atom. The number of aromatic nitrogens is 3. The molecule has 0 atom stereocenters. The SMILES string of the molecule is COC(=O)c1ccc(OCc2cc3c(=O)[nH]c(C)nc3cc2Cl)cn1. The van der Waals surface area contributed by atoms with E-state index in [1.54, 1.807) is 25.1 Å². The number of rotatable bonds is 4. The number of hydrogen-bond donors (Lipinski definition) is 1. The lowest BCUT2D eigenvalue weighted by Gasteiger charge is -2.09. The van der Waals surface area contributed by atoms with Crippen LogP contribution in [0.15, 0.2) is 35.3 Å². The van der Waals surface area contributed by atoms with Crippen molar-refractivity contribution in [3.63, 3.8) is 0 Å². The number of methoxy groups -OCH3 is 1. The summed E-state index contributed by atoms with van der Waals surface area (Å²) in [5.74, 6) is 0.459. The first kappa shape index (κ1) is 16.9. The molecule has 2 heterocycles. The first-order chi connectivity index (χ1) is 12.0. The fraction of sp³-hybridized carbons (Fsp3) is 0.176. The molecule has 0 spiro atoms. The number of aryl methyl sites for hydroxylation is 1. The van der Waals surface area contributed by atoms with E-state index in [0.717, 1.165) is 0 Å². The summed E-state index contributed by atoms with van der Waals surface area (Å²) in [4.78, 5) is 34.2. The quantitative estimate of drug-likeness (QED) is 0.720. The number of carbonyl (C=O) groups excluding carboxylic acids is 1. The van der Waals surface area contributed by atoms with Crippen molar-refractivity contribution >= 4 is 28.5 Å². The molecular weight excluding hydrogens is 346 g/mol. The van der Waals surface area contributed by atoms with Gasteiger partial charge in [-0.25, -0.2) is 14.8 Å². The van der Waals surface area contributed by atoms with E-state index in [1.807, 2.05) is 0 Å². The van der Waals surface area contributed by atoms with Crippen molar-refractivity contribution < 1.29 is 14.3 Å². The highest BCUT2D eigenvalue weighted by atomic mass is 35.5. The van der Waals surface area contributed by atoms with E-state index in [-0.39, 0.29) is 17.9 Å². The number of carbonyl (C=O) groups is 1. The largest absolute Gasteiger partial charge is 0.487 e. The lowest BCUT2D eigenvalue weighted by atomic mass is 10.1. The third-order valence-electron chi connectivity index (χ3n) is 3.52. The Labute approximate surface area is 147 Å². The number of nitrogens with one attached hydrogen (secondary N) is 1. The molecule has 7 nitrogen and oxygen atoms in total. The van der Waals surface area contributed by atoms with Crippen LogP contribution in [0.5, 0.6) is 5.75 Å². The zero-order chi connectivity index (χ0) is 18.0. The predicted octanol–water partition coefficient (Wildman–Crippen LogP) is 2.65. The van der Waals surface area contributed by atoms with Gasteiger partial charge in [-0.05, 0) is 31.2 Å². The second kappa shape index (κ2) is 6.90. The minimum absolute atomic E-state index is 0.140. The molecule has 0 aliphatic heterocycles. The zero-order valence-corrected chi connectivity index (χ0v) is 14.3. The Balaban J connectivity index is 1.82. The Hall–Kier alpha value is -2.93. The summed E-state index contributed by atoms with van der Waals surface area (Å²) >= 11 is 6.25. The number of aromatic amines is 1. The lowest BCUT2D eigenvalue weighted by molar-refractivity contribution is 0.0594. The number of ether oxygens (including phenoxy) is 2. The summed E-state index contributed by atoms with van der Waals surface area (Å²) in [6, 6.07) is 6.39. The van der Waals surface area contributed by atoms with E-state index in [4.69, 9.17) is 16.3 Å². The molecule has 128 valence electrons. The lowest BCUT2D eigenvalue weighted by Crippen LogP contribution is -2.10. The average molecular weight is 360 g/mol. The number of benzene rings is 1. The number of fused-ring (bicyclic) bond motifs is 1. The van der Waals surface area contributed by atoms with E-state index < -0.39 is 5.97 Å². The van der Waals surface area contributed by atoms with Crippen molar-refractivity contribution in [3.05, 3.63) is 62.9 Å². The van der Waals surface area contributed by atoms with Crippen molar-refractivity contribution in [1.29, 1.82) is 0 Å². The molecule has 0 fully saturated rings. The van der Waals surface area contributed by atoms with E-state index in [9.17, 15) is 9.59 Å². The van der Waals surface area contributed by atoms with E-state index in [1.165, 1.54) is 19.4 Å². The van der Waals surface area contributed by atoms with Gasteiger partial charge in [0, 0.05) is 10.6 Å². The van der Waals surface area contributed by atoms with Crippen LogP contribution in [0.2, 0.25) is 5.02 Å². The van der Waals surface area contributed by atoms with Gasteiger partial charge in [-0.3, -0.25) is 4.79 Å². The van der Waals surface area contributed by atoms with Crippen LogP contribution in [0.25, 0.3) is 10.9 Å². The van der Waals surface area contributed by atoms with Crippen molar-refractivity contribution in [2.45, 2.75) is 13.5 Å². The van der Waals surface area contributed by atoms with Crippen molar-refractivity contribution in [2.24, 2.45) is 0 Å². The molecule has 8 heteroatoms. The van der Waals surface area contributed by atoms with Crippen LogP contribution in [0.3, 0.4) is 0 Å². The van der Waals surface area contributed by atoms with Crippen LogP contribution in [0.1, 0.15) is 21.9 Å². The van der Waals surface area contributed by atoms with Gasteiger partial charge in [0.25, 0.3) is 5.56 Å². The molecule has 0 saturated heterocycles. The van der Waals surface area contributed by atoms with Crippen LogP contribution in [-0.4, -0.2) is 28.0 Å². The zero-order valence-electron chi connectivity index (χ0n) is 13.5. The second-order valence-corrected chi connectivity index (χ2v) is 5.68. The molecule has 0 amide bonds. The third-order valence-corrected chi connectivity index (χ3v) is 3.87. The molecule has 3 rings (SSSR count). The van der Waals surface area contributed by atoms with E-state index in [2.05, 4.69) is 19.7 Å². The monoisotopic (exact) mass is 359 g/mol. The molecule has 1 aromatic carbocycles. The first-order valence-electron chi connectivity index (χ1n) is 7.34. The molecular formula is C17H14ClN3O4. The minimum atomic E-state index is -0.522. The average Bonchev–Trinajstić information content (AvgIpc) is 2.60. The Morgan fingerprint density at radius 3 is 2.80 bits per heavy atom. The molecule has 0 aliphatic carbocycles. The van der Waals surface area contributed by atoms with Gasteiger partial charge >= 0.3 is 5.97 Å². The number of H-pyrrole nitrogens is 1. The highest BCUT2D eigenvalue weighted by Gasteiger charge is 2.10. The van der Waals surface area contributed by atoms with Gasteiger partial charge in [0.15, 0.2) is 0 Å². The topological polar surface area (TPSA) is 94.2 Å². The van der Waals surface area contributed by atoms with E-state index in [0.29, 0.717) is 33.1 Å². The number of esters is 1.